The van der Waals surface area contributed by atoms with Crippen LogP contribution in [0.1, 0.15) is 15.9 Å². The fourth-order valence-corrected chi connectivity index (χ4v) is 3.01. The third-order valence-electron chi connectivity index (χ3n) is 4.01. The summed E-state index contributed by atoms with van der Waals surface area (Å²) in [5.74, 6) is -0.854. The van der Waals surface area contributed by atoms with Crippen LogP contribution in [0.2, 0.25) is 0 Å². The van der Waals surface area contributed by atoms with Crippen molar-refractivity contribution in [1.82, 2.24) is 5.32 Å². The highest BCUT2D eigenvalue weighted by Crippen LogP contribution is 2.16. The lowest BCUT2D eigenvalue weighted by molar-refractivity contribution is -0.119. The molecule has 0 saturated heterocycles. The maximum Gasteiger partial charge on any atom is 0.251 e. The molecule has 2 amide bonds. The Balaban J connectivity index is 1.77. The van der Waals surface area contributed by atoms with Crippen LogP contribution in [0, 0.1) is 3.57 Å². The molecule has 25 heavy (non-hydrogen) atoms. The molecule has 3 rings (SSSR count). The summed E-state index contributed by atoms with van der Waals surface area (Å²) in [6, 6.07) is 20.3. The quantitative estimate of drug-likeness (QED) is 0.593. The van der Waals surface area contributed by atoms with Crippen molar-refractivity contribution in [2.24, 2.45) is 5.73 Å². The molecule has 126 valence electrons. The zero-order valence-corrected chi connectivity index (χ0v) is 15.6. The number of carbonyl (C=O) groups is 2. The van der Waals surface area contributed by atoms with Gasteiger partial charge in [0.25, 0.3) is 5.91 Å². The predicted molar refractivity (Wildman–Crippen MR) is 107 cm³/mol. The second-order valence-corrected chi connectivity index (χ2v) is 7.07. The van der Waals surface area contributed by atoms with Gasteiger partial charge >= 0.3 is 0 Å². The fourth-order valence-electron chi connectivity index (χ4n) is 2.65. The maximum atomic E-state index is 12.5. The first-order chi connectivity index (χ1) is 12.0. The van der Waals surface area contributed by atoms with E-state index >= 15 is 0 Å². The summed E-state index contributed by atoms with van der Waals surface area (Å²) >= 11 is 2.22. The average Bonchev–Trinajstić information content (AvgIpc) is 2.62. The molecule has 0 radical (unpaired) electrons. The van der Waals surface area contributed by atoms with Crippen LogP contribution in [-0.2, 0) is 11.2 Å². The molecule has 0 aliphatic rings. The molecule has 0 heterocycles. The van der Waals surface area contributed by atoms with E-state index in [4.69, 9.17) is 5.73 Å². The lowest BCUT2D eigenvalue weighted by Gasteiger charge is -2.16. The molecular weight excluding hydrogens is 427 g/mol. The van der Waals surface area contributed by atoms with Crippen LogP contribution in [0.15, 0.2) is 66.7 Å². The monoisotopic (exact) mass is 444 g/mol. The van der Waals surface area contributed by atoms with Crippen LogP contribution >= 0.6 is 22.6 Å². The van der Waals surface area contributed by atoms with Crippen molar-refractivity contribution >= 4 is 45.2 Å². The van der Waals surface area contributed by atoms with Crippen molar-refractivity contribution in [2.45, 2.75) is 12.5 Å². The van der Waals surface area contributed by atoms with Gasteiger partial charge in [-0.3, -0.25) is 9.59 Å². The standard InChI is InChI=1S/C20H17IN2O2/c21-17-9-5-13(6-10-17)11-18(19(22)24)23-20(25)16-8-7-14-3-1-2-4-15(14)12-16/h1-10,12,18H,11H2,(H2,22,24)(H,23,25)/t18-/m0/s1. The number of hydrogen-bond acceptors (Lipinski definition) is 2. The molecule has 3 N–H and O–H groups in total. The van der Waals surface area contributed by atoms with Gasteiger partial charge in [-0.15, -0.1) is 0 Å². The Morgan fingerprint density at radius 1 is 0.960 bits per heavy atom. The van der Waals surface area contributed by atoms with Crippen LogP contribution in [0.25, 0.3) is 10.8 Å². The summed E-state index contributed by atoms with van der Waals surface area (Å²) in [4.78, 5) is 24.3. The van der Waals surface area contributed by atoms with Gasteiger partial charge in [-0.25, -0.2) is 0 Å². The van der Waals surface area contributed by atoms with Crippen molar-refractivity contribution in [2.75, 3.05) is 0 Å². The molecule has 0 aliphatic carbocycles. The van der Waals surface area contributed by atoms with E-state index in [2.05, 4.69) is 27.9 Å². The van der Waals surface area contributed by atoms with Gasteiger partial charge in [0.05, 0.1) is 0 Å². The second-order valence-electron chi connectivity index (χ2n) is 5.82. The lowest BCUT2D eigenvalue weighted by atomic mass is 10.0. The van der Waals surface area contributed by atoms with Crippen molar-refractivity contribution in [3.05, 3.63) is 81.4 Å². The van der Waals surface area contributed by atoms with Gasteiger partial charge in [0.1, 0.15) is 6.04 Å². The topological polar surface area (TPSA) is 72.2 Å². The Labute approximate surface area is 159 Å². The number of primary amides is 1. The summed E-state index contributed by atoms with van der Waals surface area (Å²) in [5, 5.41) is 4.78. The van der Waals surface area contributed by atoms with E-state index in [1.165, 1.54) is 0 Å². The third kappa shape index (κ3) is 4.36. The SMILES string of the molecule is NC(=O)[C@H](Cc1ccc(I)cc1)NC(=O)c1ccc2ccccc2c1. The molecule has 5 heteroatoms. The normalized spacial score (nSPS) is 11.9. The average molecular weight is 444 g/mol. The molecule has 0 unspecified atom stereocenters. The largest absolute Gasteiger partial charge is 0.368 e. The van der Waals surface area contributed by atoms with Gasteiger partial charge in [0.2, 0.25) is 5.91 Å². The van der Waals surface area contributed by atoms with E-state index in [1.807, 2.05) is 60.7 Å². The molecule has 0 fully saturated rings. The van der Waals surface area contributed by atoms with E-state index in [0.29, 0.717) is 12.0 Å². The van der Waals surface area contributed by atoms with Gasteiger partial charge in [0.15, 0.2) is 0 Å². The Hall–Kier alpha value is -2.41. The van der Waals surface area contributed by atoms with E-state index in [1.54, 1.807) is 6.07 Å². The number of amides is 2. The number of nitrogens with two attached hydrogens (primary N) is 1. The van der Waals surface area contributed by atoms with Crippen LogP contribution < -0.4 is 11.1 Å². The zero-order valence-electron chi connectivity index (χ0n) is 13.4. The van der Waals surface area contributed by atoms with E-state index in [-0.39, 0.29) is 5.91 Å². The van der Waals surface area contributed by atoms with E-state index in [0.717, 1.165) is 19.9 Å². The smallest absolute Gasteiger partial charge is 0.251 e. The molecule has 4 nitrogen and oxygen atoms in total. The van der Waals surface area contributed by atoms with Crippen molar-refractivity contribution in [1.29, 1.82) is 0 Å². The highest BCUT2D eigenvalue weighted by molar-refractivity contribution is 14.1. The molecule has 0 saturated carbocycles. The Bertz CT molecular complexity index is 922. The Kier molecular flexibility index (Phi) is 5.33. The summed E-state index contributed by atoms with van der Waals surface area (Å²) in [5.41, 5.74) is 6.93. The molecule has 3 aromatic carbocycles. The van der Waals surface area contributed by atoms with Crippen LogP contribution in [0.3, 0.4) is 0 Å². The minimum Gasteiger partial charge on any atom is -0.368 e. The Morgan fingerprint density at radius 3 is 2.32 bits per heavy atom. The Morgan fingerprint density at radius 2 is 1.64 bits per heavy atom. The molecule has 0 bridgehead atoms. The fraction of sp³-hybridized carbons (Fsp3) is 0.100. The highest BCUT2D eigenvalue weighted by atomic mass is 127. The van der Waals surface area contributed by atoms with Crippen molar-refractivity contribution in [3.63, 3.8) is 0 Å². The lowest BCUT2D eigenvalue weighted by Crippen LogP contribution is -2.45. The molecule has 1 atom stereocenters. The zero-order chi connectivity index (χ0) is 17.8. The predicted octanol–water partition coefficient (Wildman–Crippen LogP) is 3.27. The molecule has 0 aromatic heterocycles. The number of fused-ring (bicyclic) bond motifs is 1. The van der Waals surface area contributed by atoms with Crippen molar-refractivity contribution in [3.8, 4) is 0 Å². The molecular formula is C20H17IN2O2. The van der Waals surface area contributed by atoms with E-state index < -0.39 is 11.9 Å². The number of rotatable bonds is 5. The van der Waals surface area contributed by atoms with Crippen LogP contribution in [-0.4, -0.2) is 17.9 Å². The molecule has 0 spiro atoms. The van der Waals surface area contributed by atoms with Crippen LogP contribution in [0.4, 0.5) is 0 Å². The maximum absolute atomic E-state index is 12.5. The molecule has 0 aliphatic heterocycles. The van der Waals surface area contributed by atoms with Gasteiger partial charge in [-0.05, 0) is 63.2 Å². The summed E-state index contributed by atoms with van der Waals surface area (Å²) < 4.78 is 1.11. The highest BCUT2D eigenvalue weighted by Gasteiger charge is 2.19. The first kappa shape index (κ1) is 17.4. The van der Waals surface area contributed by atoms with Gasteiger partial charge in [0, 0.05) is 15.6 Å². The first-order valence-corrected chi connectivity index (χ1v) is 8.94. The van der Waals surface area contributed by atoms with E-state index in [9.17, 15) is 9.59 Å². The summed E-state index contributed by atoms with van der Waals surface area (Å²) in [6.45, 7) is 0. The number of carbonyl (C=O) groups excluding carboxylic acids is 2. The van der Waals surface area contributed by atoms with Gasteiger partial charge < -0.3 is 11.1 Å². The van der Waals surface area contributed by atoms with Crippen molar-refractivity contribution < 1.29 is 9.59 Å². The van der Waals surface area contributed by atoms with Gasteiger partial charge in [-0.2, -0.15) is 0 Å². The van der Waals surface area contributed by atoms with Gasteiger partial charge in [-0.1, -0.05) is 42.5 Å². The molecule has 3 aromatic rings. The first-order valence-electron chi connectivity index (χ1n) is 7.86. The third-order valence-corrected chi connectivity index (χ3v) is 4.73. The summed E-state index contributed by atoms with van der Waals surface area (Å²) in [6.07, 6.45) is 0.367. The number of benzene rings is 3. The number of halogens is 1. The summed E-state index contributed by atoms with van der Waals surface area (Å²) in [7, 11) is 0. The number of nitrogens with one attached hydrogen (secondary N) is 1. The minimum absolute atomic E-state index is 0.305. The minimum atomic E-state index is -0.751. The van der Waals surface area contributed by atoms with Crippen LogP contribution in [0.5, 0.6) is 0 Å². The second kappa shape index (κ2) is 7.65. The number of hydrogen-bond donors (Lipinski definition) is 2.